The zero-order valence-electron chi connectivity index (χ0n) is 15.8. The lowest BCUT2D eigenvalue weighted by Crippen LogP contribution is -2.49. The minimum atomic E-state index is -0.831. The normalized spacial score (nSPS) is 13.9. The molecule has 28 heavy (non-hydrogen) atoms. The van der Waals surface area contributed by atoms with Crippen molar-refractivity contribution in [3.63, 3.8) is 0 Å². The van der Waals surface area contributed by atoms with Gasteiger partial charge in [0.05, 0.1) is 11.1 Å². The molecule has 3 rings (SSSR count). The third kappa shape index (κ3) is 4.19. The Morgan fingerprint density at radius 2 is 1.61 bits per heavy atom. The summed E-state index contributed by atoms with van der Waals surface area (Å²) in [5, 5.41) is 2.89. The number of hydrogen-bond acceptors (Lipinski definition) is 3. The summed E-state index contributed by atoms with van der Waals surface area (Å²) in [7, 11) is 0. The van der Waals surface area contributed by atoms with Gasteiger partial charge >= 0.3 is 0 Å². The largest absolute Gasteiger partial charge is 0.354 e. The van der Waals surface area contributed by atoms with Gasteiger partial charge in [-0.2, -0.15) is 0 Å². The number of imide groups is 1. The highest BCUT2D eigenvalue weighted by Crippen LogP contribution is 2.26. The summed E-state index contributed by atoms with van der Waals surface area (Å²) in [6.45, 7) is 4.17. The molecule has 2 aromatic carbocycles. The molecular formula is C23H24N2O3. The summed E-state index contributed by atoms with van der Waals surface area (Å²) >= 11 is 0. The van der Waals surface area contributed by atoms with Crippen LogP contribution in [0.4, 0.5) is 0 Å². The Hall–Kier alpha value is -3.21. The Balaban J connectivity index is 1.65. The zero-order valence-corrected chi connectivity index (χ0v) is 15.8. The topological polar surface area (TPSA) is 66.5 Å². The lowest BCUT2D eigenvalue weighted by Gasteiger charge is -2.25. The van der Waals surface area contributed by atoms with Gasteiger partial charge in [-0.15, -0.1) is 6.58 Å². The van der Waals surface area contributed by atoms with Gasteiger partial charge in [0.15, 0.2) is 0 Å². The first-order valence-corrected chi connectivity index (χ1v) is 9.53. The van der Waals surface area contributed by atoms with Crippen LogP contribution in [0.15, 0.2) is 67.3 Å². The summed E-state index contributed by atoms with van der Waals surface area (Å²) < 4.78 is 0. The molecule has 0 spiro atoms. The second-order valence-electron chi connectivity index (χ2n) is 6.79. The van der Waals surface area contributed by atoms with Crippen LogP contribution >= 0.6 is 0 Å². The molecule has 0 fully saturated rings. The standard InChI is InChI=1S/C23H24N2O3/c1-2-3-15-20(21(26)24-16-9-12-17-10-5-4-6-11-17)25-22(27)18-13-7-8-14-19(18)23(25)28/h2,4-8,10-11,13-14,20H,1,3,9,12,15-16H2,(H,24,26). The molecule has 5 heteroatoms. The Kier molecular flexibility index (Phi) is 6.37. The molecule has 1 atom stereocenters. The molecule has 1 unspecified atom stereocenters. The van der Waals surface area contributed by atoms with Gasteiger partial charge < -0.3 is 5.32 Å². The molecule has 0 aromatic heterocycles. The molecule has 1 aliphatic rings. The zero-order chi connectivity index (χ0) is 19.9. The minimum absolute atomic E-state index is 0.301. The summed E-state index contributed by atoms with van der Waals surface area (Å²) in [6, 6.07) is 15.9. The number of carbonyl (C=O) groups is 3. The number of rotatable bonds is 9. The summed E-state index contributed by atoms with van der Waals surface area (Å²) in [4.78, 5) is 39.4. The lowest BCUT2D eigenvalue weighted by molar-refractivity contribution is -0.125. The molecule has 0 saturated carbocycles. The maximum absolute atomic E-state index is 12.8. The SMILES string of the molecule is C=CCCC(C(=O)NCCCc1ccccc1)N1C(=O)c2ccccc2C1=O. The highest BCUT2D eigenvalue weighted by atomic mass is 16.2. The van der Waals surface area contributed by atoms with Crippen molar-refractivity contribution in [1.82, 2.24) is 10.2 Å². The van der Waals surface area contributed by atoms with Gasteiger partial charge in [0.2, 0.25) is 5.91 Å². The molecule has 2 aromatic rings. The van der Waals surface area contributed by atoms with Crippen LogP contribution < -0.4 is 5.32 Å². The van der Waals surface area contributed by atoms with Crippen LogP contribution in [0.25, 0.3) is 0 Å². The number of carbonyl (C=O) groups excluding carboxylic acids is 3. The van der Waals surface area contributed by atoms with Gasteiger partial charge in [0.25, 0.3) is 11.8 Å². The quantitative estimate of drug-likeness (QED) is 0.415. The number of amides is 3. The first kappa shape index (κ1) is 19.5. The number of aryl methyl sites for hydroxylation is 1. The van der Waals surface area contributed by atoms with Gasteiger partial charge in [-0.3, -0.25) is 19.3 Å². The summed E-state index contributed by atoms with van der Waals surface area (Å²) in [5.74, 6) is -1.12. The predicted molar refractivity (Wildman–Crippen MR) is 108 cm³/mol. The summed E-state index contributed by atoms with van der Waals surface area (Å²) in [5.41, 5.74) is 1.92. The average molecular weight is 376 g/mol. The highest BCUT2D eigenvalue weighted by Gasteiger charge is 2.42. The van der Waals surface area contributed by atoms with Crippen LogP contribution in [0.2, 0.25) is 0 Å². The molecule has 5 nitrogen and oxygen atoms in total. The van der Waals surface area contributed by atoms with Gasteiger partial charge in [0.1, 0.15) is 6.04 Å². The van der Waals surface area contributed by atoms with Crippen LogP contribution in [-0.4, -0.2) is 35.2 Å². The van der Waals surface area contributed by atoms with Crippen molar-refractivity contribution in [3.05, 3.63) is 83.9 Å². The predicted octanol–water partition coefficient (Wildman–Crippen LogP) is 3.37. The number of nitrogens with zero attached hydrogens (tertiary/aromatic N) is 1. The number of benzene rings is 2. The van der Waals surface area contributed by atoms with E-state index in [0.717, 1.165) is 17.7 Å². The molecular weight excluding hydrogens is 352 g/mol. The number of nitrogens with one attached hydrogen (secondary N) is 1. The lowest BCUT2D eigenvalue weighted by atomic mass is 10.1. The molecule has 1 heterocycles. The maximum Gasteiger partial charge on any atom is 0.262 e. The minimum Gasteiger partial charge on any atom is -0.354 e. The molecule has 3 amide bonds. The van der Waals surface area contributed by atoms with E-state index in [0.29, 0.717) is 30.5 Å². The summed E-state index contributed by atoms with van der Waals surface area (Å²) in [6.07, 6.45) is 4.22. The fourth-order valence-corrected chi connectivity index (χ4v) is 3.41. The Morgan fingerprint density at radius 3 is 2.21 bits per heavy atom. The fraction of sp³-hybridized carbons (Fsp3) is 0.261. The van der Waals surface area contributed by atoms with Gasteiger partial charge in [-0.1, -0.05) is 48.5 Å². The van der Waals surface area contributed by atoms with Crippen molar-refractivity contribution < 1.29 is 14.4 Å². The van der Waals surface area contributed by atoms with Gasteiger partial charge in [0, 0.05) is 6.54 Å². The van der Waals surface area contributed by atoms with E-state index in [1.54, 1.807) is 30.3 Å². The maximum atomic E-state index is 12.8. The van der Waals surface area contributed by atoms with Crippen molar-refractivity contribution in [1.29, 1.82) is 0 Å². The molecule has 0 saturated heterocycles. The monoisotopic (exact) mass is 376 g/mol. The fourth-order valence-electron chi connectivity index (χ4n) is 3.41. The Morgan fingerprint density at radius 1 is 1.00 bits per heavy atom. The van der Waals surface area contributed by atoms with Crippen molar-refractivity contribution in [2.45, 2.75) is 31.7 Å². The van der Waals surface area contributed by atoms with E-state index in [9.17, 15) is 14.4 Å². The second-order valence-corrected chi connectivity index (χ2v) is 6.79. The first-order chi connectivity index (χ1) is 13.6. The third-order valence-corrected chi connectivity index (χ3v) is 4.87. The molecule has 1 aliphatic heterocycles. The smallest absolute Gasteiger partial charge is 0.262 e. The van der Waals surface area contributed by atoms with Crippen molar-refractivity contribution in [2.75, 3.05) is 6.54 Å². The van der Waals surface area contributed by atoms with Crippen molar-refractivity contribution >= 4 is 17.7 Å². The van der Waals surface area contributed by atoms with E-state index in [1.807, 2.05) is 30.3 Å². The van der Waals surface area contributed by atoms with E-state index in [4.69, 9.17) is 0 Å². The van der Waals surface area contributed by atoms with E-state index >= 15 is 0 Å². The van der Waals surface area contributed by atoms with Gasteiger partial charge in [-0.05, 0) is 43.4 Å². The van der Waals surface area contributed by atoms with E-state index < -0.39 is 17.9 Å². The van der Waals surface area contributed by atoms with Crippen LogP contribution in [0.3, 0.4) is 0 Å². The van der Waals surface area contributed by atoms with E-state index in [1.165, 1.54) is 5.56 Å². The molecule has 0 radical (unpaired) electrons. The first-order valence-electron chi connectivity index (χ1n) is 9.53. The van der Waals surface area contributed by atoms with Crippen LogP contribution in [0.1, 0.15) is 45.5 Å². The molecule has 144 valence electrons. The second kappa shape index (κ2) is 9.13. The van der Waals surface area contributed by atoms with Crippen LogP contribution in [0.5, 0.6) is 0 Å². The molecule has 1 N–H and O–H groups in total. The van der Waals surface area contributed by atoms with Crippen LogP contribution in [-0.2, 0) is 11.2 Å². The highest BCUT2D eigenvalue weighted by molar-refractivity contribution is 6.22. The Labute approximate surface area is 165 Å². The number of hydrogen-bond donors (Lipinski definition) is 1. The van der Waals surface area contributed by atoms with E-state index in [2.05, 4.69) is 11.9 Å². The van der Waals surface area contributed by atoms with Crippen molar-refractivity contribution in [3.8, 4) is 0 Å². The van der Waals surface area contributed by atoms with Gasteiger partial charge in [-0.25, -0.2) is 0 Å². The van der Waals surface area contributed by atoms with E-state index in [-0.39, 0.29) is 5.91 Å². The van der Waals surface area contributed by atoms with Crippen molar-refractivity contribution in [2.24, 2.45) is 0 Å². The average Bonchev–Trinajstić information content (AvgIpc) is 2.98. The number of fused-ring (bicyclic) bond motifs is 1. The van der Waals surface area contributed by atoms with Crippen LogP contribution in [0, 0.1) is 0 Å². The molecule has 0 bridgehead atoms. The third-order valence-electron chi connectivity index (χ3n) is 4.87. The molecule has 0 aliphatic carbocycles. The number of allylic oxidation sites excluding steroid dienone is 1. The Bertz CT molecular complexity index is 841.